The Hall–Kier alpha value is -1.12. The molecular weight excluding hydrogens is 226 g/mol. The fourth-order valence-corrected chi connectivity index (χ4v) is 2.90. The Morgan fingerprint density at radius 1 is 1.00 bits per heavy atom. The van der Waals surface area contributed by atoms with Gasteiger partial charge in [-0.25, -0.2) is 0 Å². The summed E-state index contributed by atoms with van der Waals surface area (Å²) in [7, 11) is 0. The maximum atomic E-state index is 2.61. The molecule has 0 amide bonds. The lowest BCUT2D eigenvalue weighted by Crippen LogP contribution is -2.24. The summed E-state index contributed by atoms with van der Waals surface area (Å²) >= 11 is 1.87. The van der Waals surface area contributed by atoms with Gasteiger partial charge < -0.3 is 0 Å². The second-order valence-corrected chi connectivity index (χ2v) is 5.73. The highest BCUT2D eigenvalue weighted by Gasteiger charge is 2.28. The van der Waals surface area contributed by atoms with E-state index in [4.69, 9.17) is 0 Å². The molecule has 2 heteroatoms. The summed E-state index contributed by atoms with van der Waals surface area (Å²) in [5, 5.41) is 2.17. The summed E-state index contributed by atoms with van der Waals surface area (Å²) < 4.78 is 0. The molecule has 1 nitrogen and oxygen atoms in total. The molecule has 0 radical (unpaired) electrons. The first-order valence-corrected chi connectivity index (χ1v) is 7.10. The third-order valence-corrected chi connectivity index (χ3v) is 4.09. The van der Waals surface area contributed by atoms with E-state index in [0.29, 0.717) is 0 Å². The molecule has 1 saturated carbocycles. The van der Waals surface area contributed by atoms with E-state index in [0.717, 1.165) is 19.1 Å². The minimum absolute atomic E-state index is 0.817. The summed E-state index contributed by atoms with van der Waals surface area (Å²) in [6.07, 6.45) is 2.75. The van der Waals surface area contributed by atoms with Crippen molar-refractivity contribution in [2.75, 3.05) is 0 Å². The topological polar surface area (TPSA) is 3.24 Å². The first-order chi connectivity index (χ1) is 8.42. The molecular formula is C15H17NS. The monoisotopic (exact) mass is 243 g/mol. The standard InChI is InChI=1S/C15H17NS/c1-2-5-13(6-3-1)11-16(14-8-9-14)12-15-7-4-10-17-15/h1-7,10,14H,8-9,11-12H2. The van der Waals surface area contributed by atoms with E-state index >= 15 is 0 Å². The Bertz CT molecular complexity index is 445. The first-order valence-electron chi connectivity index (χ1n) is 6.22. The summed E-state index contributed by atoms with van der Waals surface area (Å²) in [5.74, 6) is 0. The summed E-state index contributed by atoms with van der Waals surface area (Å²) in [6.45, 7) is 2.20. The molecule has 0 N–H and O–H groups in total. The van der Waals surface area contributed by atoms with Crippen LogP contribution in [0.25, 0.3) is 0 Å². The van der Waals surface area contributed by atoms with Crippen LogP contribution in [0.5, 0.6) is 0 Å². The van der Waals surface area contributed by atoms with Crippen LogP contribution in [0.1, 0.15) is 23.3 Å². The second kappa shape index (κ2) is 5.03. The van der Waals surface area contributed by atoms with E-state index in [1.807, 2.05) is 11.3 Å². The van der Waals surface area contributed by atoms with Crippen molar-refractivity contribution in [3.05, 3.63) is 58.3 Å². The van der Waals surface area contributed by atoms with Crippen LogP contribution in [0.15, 0.2) is 47.8 Å². The molecule has 0 unspecified atom stereocenters. The summed E-state index contributed by atoms with van der Waals surface area (Å²) in [5.41, 5.74) is 1.43. The number of thiophene rings is 1. The predicted octanol–water partition coefficient (Wildman–Crippen LogP) is 3.91. The zero-order valence-corrected chi connectivity index (χ0v) is 10.7. The van der Waals surface area contributed by atoms with E-state index < -0.39 is 0 Å². The van der Waals surface area contributed by atoms with Crippen LogP contribution in [-0.2, 0) is 13.1 Å². The quantitative estimate of drug-likeness (QED) is 0.769. The SMILES string of the molecule is c1ccc(CN(Cc2cccs2)C2CC2)cc1. The van der Waals surface area contributed by atoms with Crippen LogP contribution in [0.3, 0.4) is 0 Å². The summed E-state index contributed by atoms with van der Waals surface area (Å²) in [4.78, 5) is 4.09. The van der Waals surface area contributed by atoms with Crippen molar-refractivity contribution < 1.29 is 0 Å². The lowest BCUT2D eigenvalue weighted by Gasteiger charge is -2.21. The van der Waals surface area contributed by atoms with E-state index in [1.54, 1.807) is 0 Å². The molecule has 1 fully saturated rings. The van der Waals surface area contributed by atoms with Crippen LogP contribution < -0.4 is 0 Å². The van der Waals surface area contributed by atoms with Crippen molar-refractivity contribution in [2.45, 2.75) is 32.0 Å². The second-order valence-electron chi connectivity index (χ2n) is 4.70. The minimum atomic E-state index is 0.817. The Balaban J connectivity index is 1.68. The Morgan fingerprint density at radius 3 is 2.47 bits per heavy atom. The zero-order valence-electron chi connectivity index (χ0n) is 9.88. The lowest BCUT2D eigenvalue weighted by molar-refractivity contribution is 0.248. The van der Waals surface area contributed by atoms with Crippen molar-refractivity contribution in [1.29, 1.82) is 0 Å². The largest absolute Gasteiger partial charge is 0.291 e. The van der Waals surface area contributed by atoms with E-state index in [1.165, 1.54) is 23.3 Å². The van der Waals surface area contributed by atoms with Crippen LogP contribution in [0, 0.1) is 0 Å². The Kier molecular flexibility index (Phi) is 3.25. The van der Waals surface area contributed by atoms with Gasteiger partial charge in [0.1, 0.15) is 0 Å². The van der Waals surface area contributed by atoms with E-state index in [2.05, 4.69) is 52.7 Å². The maximum absolute atomic E-state index is 2.61. The van der Waals surface area contributed by atoms with Crippen LogP contribution in [0.4, 0.5) is 0 Å². The number of hydrogen-bond acceptors (Lipinski definition) is 2. The van der Waals surface area contributed by atoms with Gasteiger partial charge in [-0.1, -0.05) is 36.4 Å². The highest BCUT2D eigenvalue weighted by molar-refractivity contribution is 7.09. The van der Waals surface area contributed by atoms with Crippen molar-refractivity contribution in [3.63, 3.8) is 0 Å². The van der Waals surface area contributed by atoms with Gasteiger partial charge in [-0.2, -0.15) is 0 Å². The van der Waals surface area contributed by atoms with E-state index in [-0.39, 0.29) is 0 Å². The number of rotatable bonds is 5. The Morgan fingerprint density at radius 2 is 1.82 bits per heavy atom. The molecule has 1 aromatic heterocycles. The highest BCUT2D eigenvalue weighted by Crippen LogP contribution is 2.30. The number of hydrogen-bond donors (Lipinski definition) is 0. The molecule has 3 rings (SSSR count). The average molecular weight is 243 g/mol. The molecule has 0 saturated heterocycles. The number of nitrogens with zero attached hydrogens (tertiary/aromatic N) is 1. The molecule has 1 aliphatic carbocycles. The van der Waals surface area contributed by atoms with Gasteiger partial charge in [-0.15, -0.1) is 11.3 Å². The first kappa shape index (κ1) is 11.0. The molecule has 1 heterocycles. The maximum Gasteiger partial charge on any atom is 0.0334 e. The molecule has 0 bridgehead atoms. The molecule has 1 aromatic carbocycles. The smallest absolute Gasteiger partial charge is 0.0334 e. The normalized spacial score (nSPS) is 15.4. The lowest BCUT2D eigenvalue weighted by atomic mass is 10.2. The van der Waals surface area contributed by atoms with Crippen LogP contribution in [0.2, 0.25) is 0 Å². The molecule has 1 aliphatic rings. The van der Waals surface area contributed by atoms with Gasteiger partial charge in [-0.3, -0.25) is 4.90 Å². The van der Waals surface area contributed by atoms with Gasteiger partial charge in [0.15, 0.2) is 0 Å². The molecule has 2 aromatic rings. The highest BCUT2D eigenvalue weighted by atomic mass is 32.1. The molecule has 0 atom stereocenters. The third-order valence-electron chi connectivity index (χ3n) is 3.23. The predicted molar refractivity (Wildman–Crippen MR) is 73.0 cm³/mol. The molecule has 0 aliphatic heterocycles. The molecule has 17 heavy (non-hydrogen) atoms. The minimum Gasteiger partial charge on any atom is -0.291 e. The van der Waals surface area contributed by atoms with Gasteiger partial charge in [-0.05, 0) is 29.9 Å². The fourth-order valence-electron chi connectivity index (χ4n) is 2.17. The number of benzene rings is 1. The van der Waals surface area contributed by atoms with Crippen molar-refractivity contribution >= 4 is 11.3 Å². The zero-order chi connectivity index (χ0) is 11.5. The van der Waals surface area contributed by atoms with Crippen LogP contribution in [-0.4, -0.2) is 10.9 Å². The molecule has 88 valence electrons. The average Bonchev–Trinajstić information content (AvgIpc) is 3.09. The van der Waals surface area contributed by atoms with Crippen molar-refractivity contribution in [3.8, 4) is 0 Å². The van der Waals surface area contributed by atoms with Gasteiger partial charge in [0, 0.05) is 24.0 Å². The Labute approximate surface area is 107 Å². The third kappa shape index (κ3) is 2.96. The van der Waals surface area contributed by atoms with E-state index in [9.17, 15) is 0 Å². The summed E-state index contributed by atoms with van der Waals surface area (Å²) in [6, 6.07) is 16.0. The van der Waals surface area contributed by atoms with Crippen molar-refractivity contribution in [2.24, 2.45) is 0 Å². The van der Waals surface area contributed by atoms with Crippen LogP contribution >= 0.6 is 11.3 Å². The van der Waals surface area contributed by atoms with Gasteiger partial charge in [0.2, 0.25) is 0 Å². The fraction of sp³-hybridized carbons (Fsp3) is 0.333. The van der Waals surface area contributed by atoms with Crippen molar-refractivity contribution in [1.82, 2.24) is 4.90 Å². The van der Waals surface area contributed by atoms with Gasteiger partial charge in [0.05, 0.1) is 0 Å². The van der Waals surface area contributed by atoms with Gasteiger partial charge in [0.25, 0.3) is 0 Å². The molecule has 0 spiro atoms. The van der Waals surface area contributed by atoms with Gasteiger partial charge >= 0.3 is 0 Å².